The smallest absolute Gasteiger partial charge is 0.300 e. The second kappa shape index (κ2) is 8.87. The molecule has 2 heterocycles. The largest absolute Gasteiger partial charge is 0.507 e. The summed E-state index contributed by atoms with van der Waals surface area (Å²) < 4.78 is 5.53. The van der Waals surface area contributed by atoms with Crippen LogP contribution in [0, 0.1) is 13.8 Å². The van der Waals surface area contributed by atoms with Gasteiger partial charge in [-0.25, -0.2) is 0 Å². The highest BCUT2D eigenvalue weighted by atomic mass is 32.1. The van der Waals surface area contributed by atoms with Crippen LogP contribution in [0.3, 0.4) is 0 Å². The molecule has 6 heteroatoms. The Hall–Kier alpha value is -3.38. The normalized spacial score (nSPS) is 17.8. The van der Waals surface area contributed by atoms with Crippen molar-refractivity contribution in [2.75, 3.05) is 12.0 Å². The summed E-state index contributed by atoms with van der Waals surface area (Å²) in [5.41, 5.74) is 3.86. The van der Waals surface area contributed by atoms with E-state index < -0.39 is 17.7 Å². The Bertz CT molecular complexity index is 1260. The Morgan fingerprint density at radius 3 is 2.39 bits per heavy atom. The number of hydrogen-bond donors (Lipinski definition) is 1. The predicted octanol–water partition coefficient (Wildman–Crippen LogP) is 6.12. The molecule has 3 aromatic rings. The number of aliphatic hydroxyl groups is 1. The number of ketones is 1. The molecule has 1 aromatic heterocycles. The molecule has 1 aliphatic rings. The van der Waals surface area contributed by atoms with Crippen molar-refractivity contribution in [2.45, 2.75) is 39.7 Å². The fraction of sp³-hybridized carbons (Fsp3) is 0.259. The first kappa shape index (κ1) is 22.8. The molecule has 0 spiro atoms. The van der Waals surface area contributed by atoms with E-state index in [1.807, 2.05) is 81.6 Å². The first-order valence-corrected chi connectivity index (χ1v) is 11.7. The number of anilines is 1. The molecule has 1 amide bonds. The number of thiophene rings is 1. The van der Waals surface area contributed by atoms with Crippen LogP contribution in [-0.4, -0.2) is 23.9 Å². The number of rotatable bonds is 5. The number of nitrogens with zero attached hydrogens (tertiary/aromatic N) is 1. The van der Waals surface area contributed by atoms with E-state index >= 15 is 0 Å². The first-order chi connectivity index (χ1) is 15.8. The lowest BCUT2D eigenvalue weighted by molar-refractivity contribution is -0.132. The molecule has 0 saturated carbocycles. The Balaban J connectivity index is 1.98. The molecule has 0 bridgehead atoms. The molecule has 4 rings (SSSR count). The van der Waals surface area contributed by atoms with Gasteiger partial charge in [0.25, 0.3) is 11.7 Å². The average Bonchev–Trinajstić information content (AvgIpc) is 3.40. The summed E-state index contributed by atoms with van der Waals surface area (Å²) in [5, 5.41) is 13.4. The van der Waals surface area contributed by atoms with Crippen LogP contribution in [0.4, 0.5) is 5.69 Å². The van der Waals surface area contributed by atoms with Crippen molar-refractivity contribution in [1.29, 1.82) is 0 Å². The number of aryl methyl sites for hydroxylation is 2. The SMILES string of the molecule is COc1cc(C)c(/C(O)=C2\C(=O)C(=O)N(c3ccccc3C)C2c2cccs2)cc1C(C)C. The molecule has 0 radical (unpaired) electrons. The van der Waals surface area contributed by atoms with E-state index in [2.05, 4.69) is 0 Å². The minimum absolute atomic E-state index is 0.105. The van der Waals surface area contributed by atoms with Gasteiger partial charge in [0.2, 0.25) is 0 Å². The van der Waals surface area contributed by atoms with E-state index in [0.29, 0.717) is 11.3 Å². The zero-order valence-electron chi connectivity index (χ0n) is 19.4. The molecule has 1 unspecified atom stereocenters. The minimum Gasteiger partial charge on any atom is -0.507 e. The number of amides is 1. The van der Waals surface area contributed by atoms with Gasteiger partial charge in [0.05, 0.1) is 12.7 Å². The van der Waals surface area contributed by atoms with E-state index in [9.17, 15) is 14.7 Å². The van der Waals surface area contributed by atoms with E-state index in [1.165, 1.54) is 16.2 Å². The van der Waals surface area contributed by atoms with Gasteiger partial charge < -0.3 is 9.84 Å². The Morgan fingerprint density at radius 2 is 1.79 bits per heavy atom. The van der Waals surface area contributed by atoms with Crippen LogP contribution in [-0.2, 0) is 9.59 Å². The summed E-state index contributed by atoms with van der Waals surface area (Å²) in [7, 11) is 1.62. The highest BCUT2D eigenvalue weighted by molar-refractivity contribution is 7.10. The van der Waals surface area contributed by atoms with Gasteiger partial charge in [-0.15, -0.1) is 11.3 Å². The predicted molar refractivity (Wildman–Crippen MR) is 132 cm³/mol. The molecule has 1 saturated heterocycles. The summed E-state index contributed by atoms with van der Waals surface area (Å²) in [6.07, 6.45) is 0. The quantitative estimate of drug-likeness (QED) is 0.282. The van der Waals surface area contributed by atoms with Gasteiger partial charge in [0.15, 0.2) is 0 Å². The number of methoxy groups -OCH3 is 1. The van der Waals surface area contributed by atoms with Crippen molar-refractivity contribution in [3.8, 4) is 5.75 Å². The molecule has 0 aliphatic carbocycles. The van der Waals surface area contributed by atoms with Crippen LogP contribution in [0.5, 0.6) is 5.75 Å². The van der Waals surface area contributed by atoms with E-state index in [4.69, 9.17) is 4.74 Å². The van der Waals surface area contributed by atoms with Crippen LogP contribution in [0.25, 0.3) is 5.76 Å². The number of benzene rings is 2. The lowest BCUT2D eigenvalue weighted by atomic mass is 9.92. The maximum atomic E-state index is 13.3. The van der Waals surface area contributed by atoms with Crippen molar-refractivity contribution in [1.82, 2.24) is 0 Å². The van der Waals surface area contributed by atoms with Crippen LogP contribution >= 0.6 is 11.3 Å². The summed E-state index contributed by atoms with van der Waals surface area (Å²) in [4.78, 5) is 29.0. The fourth-order valence-corrected chi connectivity index (χ4v) is 5.18. The Labute approximate surface area is 197 Å². The second-order valence-corrected chi connectivity index (χ2v) is 9.51. The Kier molecular flexibility index (Phi) is 6.13. The van der Waals surface area contributed by atoms with Gasteiger partial charge in [-0.3, -0.25) is 14.5 Å². The third-order valence-corrected chi connectivity index (χ3v) is 7.01. The van der Waals surface area contributed by atoms with E-state index in [1.54, 1.807) is 7.11 Å². The van der Waals surface area contributed by atoms with Gasteiger partial charge in [0.1, 0.15) is 17.6 Å². The lowest BCUT2D eigenvalue weighted by Gasteiger charge is -2.26. The lowest BCUT2D eigenvalue weighted by Crippen LogP contribution is -2.29. The molecule has 33 heavy (non-hydrogen) atoms. The van der Waals surface area contributed by atoms with E-state index in [0.717, 1.165) is 27.3 Å². The molecule has 1 atom stereocenters. The van der Waals surface area contributed by atoms with E-state index in [-0.39, 0.29) is 17.3 Å². The van der Waals surface area contributed by atoms with Crippen LogP contribution in [0.1, 0.15) is 52.9 Å². The maximum absolute atomic E-state index is 13.3. The standard InChI is InChI=1S/C27H27NO4S/c1-15(2)18-14-19(17(4)13-21(18)32-5)25(29)23-24(22-11-8-12-33-22)28(27(31)26(23)30)20-10-7-6-9-16(20)3/h6-15,24,29H,1-5H3/b25-23+. The third kappa shape index (κ3) is 3.85. The van der Waals surface area contributed by atoms with Crippen LogP contribution in [0.2, 0.25) is 0 Å². The van der Waals surface area contributed by atoms with Gasteiger partial charge in [0, 0.05) is 16.1 Å². The van der Waals surface area contributed by atoms with Crippen molar-refractivity contribution in [3.05, 3.63) is 86.6 Å². The fourth-order valence-electron chi connectivity index (χ4n) is 4.36. The second-order valence-electron chi connectivity index (χ2n) is 8.53. The maximum Gasteiger partial charge on any atom is 0.300 e. The van der Waals surface area contributed by atoms with Gasteiger partial charge in [-0.2, -0.15) is 0 Å². The van der Waals surface area contributed by atoms with Crippen molar-refractivity contribution in [3.63, 3.8) is 0 Å². The van der Waals surface area contributed by atoms with Crippen LogP contribution < -0.4 is 9.64 Å². The van der Waals surface area contributed by atoms with Gasteiger partial charge >= 0.3 is 0 Å². The summed E-state index contributed by atoms with van der Waals surface area (Å²) in [6.45, 7) is 7.85. The number of Topliss-reactive ketones (excluding diaryl/α,β-unsaturated/α-hetero) is 1. The first-order valence-electron chi connectivity index (χ1n) is 10.8. The number of carbonyl (C=O) groups is 2. The summed E-state index contributed by atoms with van der Waals surface area (Å²) in [5.74, 6) is -0.608. The van der Waals surface area contributed by atoms with Crippen LogP contribution in [0.15, 0.2) is 59.5 Å². The minimum atomic E-state index is -0.699. The molecular weight excluding hydrogens is 434 g/mol. The highest BCUT2D eigenvalue weighted by Crippen LogP contribution is 2.45. The topological polar surface area (TPSA) is 66.8 Å². The highest BCUT2D eigenvalue weighted by Gasteiger charge is 2.47. The number of para-hydroxylation sites is 1. The zero-order chi connectivity index (χ0) is 23.9. The number of carbonyl (C=O) groups excluding carboxylic acids is 2. The molecule has 1 N–H and O–H groups in total. The number of ether oxygens (including phenoxy) is 1. The summed E-state index contributed by atoms with van der Waals surface area (Å²) in [6, 6.07) is 14.3. The molecule has 1 fully saturated rings. The zero-order valence-corrected chi connectivity index (χ0v) is 20.2. The van der Waals surface area contributed by atoms with Crippen molar-refractivity contribution in [2.24, 2.45) is 0 Å². The summed E-state index contributed by atoms with van der Waals surface area (Å²) >= 11 is 1.45. The van der Waals surface area contributed by atoms with Crippen molar-refractivity contribution >= 4 is 34.5 Å². The molecular formula is C27H27NO4S. The molecule has 1 aliphatic heterocycles. The molecule has 170 valence electrons. The van der Waals surface area contributed by atoms with Gasteiger partial charge in [-0.05, 0) is 66.1 Å². The monoisotopic (exact) mass is 461 g/mol. The Morgan fingerprint density at radius 1 is 1.06 bits per heavy atom. The average molecular weight is 462 g/mol. The molecule has 2 aromatic carbocycles. The van der Waals surface area contributed by atoms with Gasteiger partial charge in [-0.1, -0.05) is 38.1 Å². The third-order valence-electron chi connectivity index (χ3n) is 6.09. The number of hydrogen-bond acceptors (Lipinski definition) is 5. The molecule has 5 nitrogen and oxygen atoms in total. The number of aliphatic hydroxyl groups excluding tert-OH is 1. The van der Waals surface area contributed by atoms with Crippen molar-refractivity contribution < 1.29 is 19.4 Å².